The van der Waals surface area contributed by atoms with Crippen molar-refractivity contribution in [1.29, 1.82) is 0 Å². The molecule has 12 nitrogen and oxygen atoms in total. The van der Waals surface area contributed by atoms with Gasteiger partial charge in [-0.25, -0.2) is 0 Å². The third-order valence-electron chi connectivity index (χ3n) is 0. The average molecular weight is 384 g/mol. The van der Waals surface area contributed by atoms with Gasteiger partial charge in [-0.15, -0.1) is 0 Å². The predicted molar refractivity (Wildman–Crippen MR) is 31.4 cm³/mol. The molecule has 0 aromatic heterocycles. The van der Waals surface area contributed by atoms with Crippen LogP contribution in [0.2, 0.25) is 0 Å². The van der Waals surface area contributed by atoms with Crippen molar-refractivity contribution >= 4 is 31.2 Å². The molecular formula is O12S3Ti2+2. The molecule has 0 unspecified atom stereocenters. The van der Waals surface area contributed by atoms with Crippen molar-refractivity contribution in [1.82, 2.24) is 0 Å². The minimum absolute atomic E-state index is 0. The Kier molecular flexibility index (Phi) is 21.9. The Morgan fingerprint density at radius 2 is 0.412 bits per heavy atom. The first kappa shape index (κ1) is 30.8. The fourth-order valence-electron chi connectivity index (χ4n) is 0. The van der Waals surface area contributed by atoms with Crippen LogP contribution in [0.5, 0.6) is 0 Å². The van der Waals surface area contributed by atoms with Crippen LogP contribution in [-0.4, -0.2) is 52.6 Å². The summed E-state index contributed by atoms with van der Waals surface area (Å²) in [6.45, 7) is 0. The maximum absolute atomic E-state index is 8.52. The Hall–Kier alpha value is 1.04. The van der Waals surface area contributed by atoms with Crippen molar-refractivity contribution in [2.75, 3.05) is 0 Å². The first-order chi connectivity index (χ1) is 6.00. The van der Waals surface area contributed by atoms with Crippen LogP contribution in [0.1, 0.15) is 0 Å². The van der Waals surface area contributed by atoms with Gasteiger partial charge in [0.1, 0.15) is 0 Å². The molecule has 0 rings (SSSR count). The van der Waals surface area contributed by atoms with E-state index in [1.807, 2.05) is 0 Å². The second kappa shape index (κ2) is 12.1. The number of rotatable bonds is 0. The fraction of sp³-hybridized carbons (Fsp3) is 0. The molecule has 17 heteroatoms. The molecule has 0 aliphatic heterocycles. The number of hydrogen-bond donors (Lipinski definition) is 0. The van der Waals surface area contributed by atoms with Gasteiger partial charge >= 0.3 is 43.4 Å². The molecule has 0 aliphatic rings. The minimum Gasteiger partial charge on any atom is -0.759 e. The quantitative estimate of drug-likeness (QED) is 0.220. The van der Waals surface area contributed by atoms with E-state index < -0.39 is 31.2 Å². The van der Waals surface area contributed by atoms with E-state index in [0.717, 1.165) is 0 Å². The van der Waals surface area contributed by atoms with E-state index in [4.69, 9.17) is 52.6 Å². The summed E-state index contributed by atoms with van der Waals surface area (Å²) in [4.78, 5) is 0. The van der Waals surface area contributed by atoms with Crippen LogP contribution >= 0.6 is 0 Å². The van der Waals surface area contributed by atoms with E-state index in [2.05, 4.69) is 0 Å². The predicted octanol–water partition coefficient (Wildman–Crippen LogP) is -4.02. The molecule has 0 amide bonds. The van der Waals surface area contributed by atoms with Crippen LogP contribution in [0.4, 0.5) is 0 Å². The zero-order valence-corrected chi connectivity index (χ0v) is 12.7. The Labute approximate surface area is 126 Å². The van der Waals surface area contributed by atoms with E-state index in [9.17, 15) is 0 Å². The van der Waals surface area contributed by atoms with Crippen LogP contribution in [0, 0.1) is 0 Å². The molecule has 0 aromatic rings. The monoisotopic (exact) mass is 384 g/mol. The van der Waals surface area contributed by atoms with Gasteiger partial charge in [-0.2, -0.15) is 0 Å². The van der Waals surface area contributed by atoms with E-state index in [1.165, 1.54) is 0 Å². The van der Waals surface area contributed by atoms with Crippen LogP contribution in [0.25, 0.3) is 0 Å². The maximum Gasteiger partial charge on any atom is 4.00 e. The van der Waals surface area contributed by atoms with Crippen molar-refractivity contribution in [2.45, 2.75) is 0 Å². The summed E-state index contributed by atoms with van der Waals surface area (Å²) < 4.78 is 102. The third kappa shape index (κ3) is 3570. The summed E-state index contributed by atoms with van der Waals surface area (Å²) >= 11 is 0. The van der Waals surface area contributed by atoms with E-state index in [-0.39, 0.29) is 43.4 Å². The molecule has 0 atom stereocenters. The van der Waals surface area contributed by atoms with Crippen molar-refractivity contribution in [3.8, 4) is 0 Å². The van der Waals surface area contributed by atoms with Crippen LogP contribution in [0.3, 0.4) is 0 Å². The minimum atomic E-state index is -5.17. The van der Waals surface area contributed by atoms with Gasteiger partial charge in [0.15, 0.2) is 0 Å². The first-order valence-electron chi connectivity index (χ1n) is 2.00. The molecule has 0 bridgehead atoms. The van der Waals surface area contributed by atoms with Crippen LogP contribution < -0.4 is 0 Å². The van der Waals surface area contributed by atoms with E-state index in [0.29, 0.717) is 0 Å². The second-order valence-electron chi connectivity index (χ2n) is 1.22. The molecule has 0 aliphatic carbocycles. The summed E-state index contributed by atoms with van der Waals surface area (Å²) in [5, 5.41) is 0. The number of hydrogen-bond acceptors (Lipinski definition) is 12. The second-order valence-corrected chi connectivity index (χ2v) is 3.67. The SMILES string of the molecule is O=S(=O)([O-])[O-].O=S(=O)([O-])[O-].O=S(=O)([O-])[O-].[Ti+4].[Ti+4]. The summed E-state index contributed by atoms with van der Waals surface area (Å²) in [5.74, 6) is 0. The first-order valence-corrected chi connectivity index (χ1v) is 6.00. The standard InChI is InChI=1S/3H2O4S.2Ti/c3*1-5(2,3)4;;/h3*(H2,1,2,3,4);;/q;;;2*+4/p-6. The third-order valence-corrected chi connectivity index (χ3v) is 0. The molecule has 96 valence electrons. The average Bonchev–Trinajstić information content (AvgIpc) is 1.41. The molecular weight excluding hydrogens is 384 g/mol. The fourth-order valence-corrected chi connectivity index (χ4v) is 0. The van der Waals surface area contributed by atoms with Gasteiger partial charge in [0.05, 0.1) is 0 Å². The van der Waals surface area contributed by atoms with Crippen molar-refractivity contribution in [3.05, 3.63) is 0 Å². The van der Waals surface area contributed by atoms with Gasteiger partial charge in [-0.3, -0.25) is 25.3 Å². The van der Waals surface area contributed by atoms with Gasteiger partial charge < -0.3 is 27.3 Å². The zero-order valence-electron chi connectivity index (χ0n) is 7.12. The molecule has 0 heterocycles. The molecule has 0 fully saturated rings. The Morgan fingerprint density at radius 3 is 0.412 bits per heavy atom. The van der Waals surface area contributed by atoms with Crippen LogP contribution in [0.15, 0.2) is 0 Å². The van der Waals surface area contributed by atoms with Crippen molar-refractivity contribution in [2.24, 2.45) is 0 Å². The largest absolute Gasteiger partial charge is 4.00 e. The molecule has 0 saturated carbocycles. The van der Waals surface area contributed by atoms with Gasteiger partial charge in [0.2, 0.25) is 0 Å². The molecule has 0 saturated heterocycles. The van der Waals surface area contributed by atoms with Gasteiger partial charge in [0.25, 0.3) is 0 Å². The smallest absolute Gasteiger partial charge is 0.759 e. The van der Waals surface area contributed by atoms with E-state index >= 15 is 0 Å². The summed E-state index contributed by atoms with van der Waals surface area (Å²) in [7, 11) is -15.5. The zero-order chi connectivity index (χ0) is 13.5. The van der Waals surface area contributed by atoms with Gasteiger partial charge in [-0.05, 0) is 0 Å². The Bertz CT molecular complexity index is 341. The molecule has 17 heavy (non-hydrogen) atoms. The topological polar surface area (TPSA) is 241 Å². The Balaban J connectivity index is -0.0000000400. The maximum atomic E-state index is 8.52. The van der Waals surface area contributed by atoms with Crippen LogP contribution in [-0.2, 0) is 74.6 Å². The molecule has 0 N–H and O–H groups in total. The summed E-state index contributed by atoms with van der Waals surface area (Å²) in [6, 6.07) is 0. The van der Waals surface area contributed by atoms with E-state index in [1.54, 1.807) is 0 Å². The molecule has 0 aromatic carbocycles. The molecule has 0 spiro atoms. The summed E-state index contributed by atoms with van der Waals surface area (Å²) in [5.41, 5.74) is 0. The van der Waals surface area contributed by atoms with Crippen molar-refractivity contribution < 1.29 is 96.0 Å². The molecule has 0 radical (unpaired) electrons. The van der Waals surface area contributed by atoms with Gasteiger partial charge in [0, 0.05) is 31.2 Å². The normalized spacial score (nSPS) is 10.2. The summed E-state index contributed by atoms with van der Waals surface area (Å²) in [6.07, 6.45) is 0. The van der Waals surface area contributed by atoms with Gasteiger partial charge in [-0.1, -0.05) is 0 Å². The van der Waals surface area contributed by atoms with Crippen molar-refractivity contribution in [3.63, 3.8) is 0 Å². The Morgan fingerprint density at radius 1 is 0.412 bits per heavy atom.